The Labute approximate surface area is 214 Å². The third-order valence-corrected chi connectivity index (χ3v) is 5.88. The van der Waals surface area contributed by atoms with Crippen molar-refractivity contribution in [3.8, 4) is 11.5 Å². The molecule has 5 heteroatoms. The molecule has 0 radical (unpaired) electrons. The summed E-state index contributed by atoms with van der Waals surface area (Å²) >= 11 is 0. The van der Waals surface area contributed by atoms with Gasteiger partial charge in [0.2, 0.25) is 5.91 Å². The van der Waals surface area contributed by atoms with Gasteiger partial charge in [0.15, 0.2) is 0 Å². The third kappa shape index (κ3) is 7.72. The van der Waals surface area contributed by atoms with Crippen LogP contribution < -0.4 is 15.0 Å². The smallest absolute Gasteiger partial charge is 0.238 e. The highest BCUT2D eigenvalue weighted by Crippen LogP contribution is 2.23. The van der Waals surface area contributed by atoms with Crippen molar-refractivity contribution in [2.45, 2.75) is 13.0 Å². The van der Waals surface area contributed by atoms with Crippen molar-refractivity contribution in [2.24, 2.45) is 0 Å². The second kappa shape index (κ2) is 12.6. The summed E-state index contributed by atoms with van der Waals surface area (Å²) < 4.78 is 5.85. The molecule has 0 fully saturated rings. The van der Waals surface area contributed by atoms with E-state index < -0.39 is 0 Å². The van der Waals surface area contributed by atoms with E-state index in [0.717, 1.165) is 35.8 Å². The van der Waals surface area contributed by atoms with Crippen LogP contribution in [0.4, 0.5) is 11.4 Å². The Morgan fingerprint density at radius 1 is 0.750 bits per heavy atom. The summed E-state index contributed by atoms with van der Waals surface area (Å²) in [7, 11) is 4.08. The Morgan fingerprint density at radius 3 is 2.08 bits per heavy atom. The van der Waals surface area contributed by atoms with Crippen LogP contribution in [0.2, 0.25) is 0 Å². The number of para-hydroxylation sites is 1. The van der Waals surface area contributed by atoms with Crippen LogP contribution in [0.5, 0.6) is 11.5 Å². The number of amides is 1. The predicted octanol–water partition coefficient (Wildman–Crippen LogP) is 6.23. The first kappa shape index (κ1) is 25.0. The lowest BCUT2D eigenvalue weighted by Gasteiger charge is -2.23. The molecule has 0 saturated heterocycles. The van der Waals surface area contributed by atoms with Gasteiger partial charge >= 0.3 is 0 Å². The SMILES string of the molecule is CN(C)c1cccc(CN(CCc2ccccc2)CC(=O)Nc2ccc(Oc3ccccc3)cc2)c1. The molecular weight excluding hydrogens is 446 g/mol. The Balaban J connectivity index is 1.39. The van der Waals surface area contributed by atoms with Crippen LogP contribution in [-0.2, 0) is 17.8 Å². The maximum Gasteiger partial charge on any atom is 0.238 e. The van der Waals surface area contributed by atoms with E-state index in [1.807, 2.05) is 74.8 Å². The molecule has 1 N–H and O–H groups in total. The molecule has 1 amide bonds. The van der Waals surface area contributed by atoms with Gasteiger partial charge in [0.25, 0.3) is 0 Å². The summed E-state index contributed by atoms with van der Waals surface area (Å²) in [6, 6.07) is 36.0. The molecule has 0 aliphatic carbocycles. The number of carbonyl (C=O) groups excluding carboxylic acids is 1. The van der Waals surface area contributed by atoms with Crippen molar-refractivity contribution in [1.82, 2.24) is 4.90 Å². The largest absolute Gasteiger partial charge is 0.457 e. The molecular formula is C31H33N3O2. The topological polar surface area (TPSA) is 44.8 Å². The van der Waals surface area contributed by atoms with Crippen molar-refractivity contribution in [3.63, 3.8) is 0 Å². The first-order chi connectivity index (χ1) is 17.5. The van der Waals surface area contributed by atoms with Crippen LogP contribution in [0.15, 0.2) is 109 Å². The third-order valence-electron chi connectivity index (χ3n) is 5.88. The van der Waals surface area contributed by atoms with Crippen molar-refractivity contribution >= 4 is 17.3 Å². The molecule has 0 unspecified atom stereocenters. The monoisotopic (exact) mass is 479 g/mol. The number of hydrogen-bond acceptors (Lipinski definition) is 4. The maximum absolute atomic E-state index is 13.0. The number of ether oxygens (including phenoxy) is 1. The van der Waals surface area contributed by atoms with E-state index in [2.05, 4.69) is 63.6 Å². The lowest BCUT2D eigenvalue weighted by atomic mass is 10.1. The first-order valence-corrected chi connectivity index (χ1v) is 12.2. The fourth-order valence-corrected chi connectivity index (χ4v) is 3.97. The predicted molar refractivity (Wildman–Crippen MR) is 148 cm³/mol. The van der Waals surface area contributed by atoms with Gasteiger partial charge in [-0.3, -0.25) is 9.69 Å². The van der Waals surface area contributed by atoms with Crippen molar-refractivity contribution < 1.29 is 9.53 Å². The standard InChI is InChI=1S/C31H33N3O2/c1-33(2)28-13-9-12-26(22-28)23-34(21-20-25-10-5-3-6-11-25)24-31(35)32-27-16-18-30(19-17-27)36-29-14-7-4-8-15-29/h3-19,22H,20-21,23-24H2,1-2H3,(H,32,35). The number of nitrogens with zero attached hydrogens (tertiary/aromatic N) is 2. The molecule has 0 saturated carbocycles. The molecule has 4 rings (SSSR count). The normalized spacial score (nSPS) is 10.8. The average molecular weight is 480 g/mol. The average Bonchev–Trinajstić information content (AvgIpc) is 2.90. The van der Waals surface area contributed by atoms with Crippen LogP contribution >= 0.6 is 0 Å². The number of benzene rings is 4. The van der Waals surface area contributed by atoms with Gasteiger partial charge < -0.3 is 15.0 Å². The molecule has 4 aromatic rings. The summed E-state index contributed by atoms with van der Waals surface area (Å²) in [5.74, 6) is 1.47. The molecule has 0 spiro atoms. The van der Waals surface area contributed by atoms with Gasteiger partial charge in [0.05, 0.1) is 6.54 Å². The van der Waals surface area contributed by atoms with Crippen molar-refractivity contribution in [1.29, 1.82) is 0 Å². The summed E-state index contributed by atoms with van der Waals surface area (Å²) in [5.41, 5.74) is 4.35. The van der Waals surface area contributed by atoms with Crippen molar-refractivity contribution in [2.75, 3.05) is 37.4 Å². The Hall–Kier alpha value is -4.09. The first-order valence-electron chi connectivity index (χ1n) is 12.2. The Morgan fingerprint density at radius 2 is 1.39 bits per heavy atom. The number of carbonyl (C=O) groups is 1. The fourth-order valence-electron chi connectivity index (χ4n) is 3.97. The molecule has 4 aromatic carbocycles. The number of nitrogens with one attached hydrogen (secondary N) is 1. The molecule has 0 bridgehead atoms. The quantitative estimate of drug-likeness (QED) is 0.277. The second-order valence-electron chi connectivity index (χ2n) is 9.00. The molecule has 184 valence electrons. The molecule has 0 atom stereocenters. The van der Waals surface area contributed by atoms with Gasteiger partial charge in [0.1, 0.15) is 11.5 Å². The minimum absolute atomic E-state index is 0.0384. The fraction of sp³-hybridized carbons (Fsp3) is 0.194. The lowest BCUT2D eigenvalue weighted by molar-refractivity contribution is -0.117. The minimum atomic E-state index is -0.0384. The highest BCUT2D eigenvalue weighted by Gasteiger charge is 2.13. The van der Waals surface area contributed by atoms with E-state index in [1.54, 1.807) is 0 Å². The van der Waals surface area contributed by atoms with E-state index >= 15 is 0 Å². The molecule has 36 heavy (non-hydrogen) atoms. The number of anilines is 2. The van der Waals surface area contributed by atoms with Crippen LogP contribution in [0.25, 0.3) is 0 Å². The molecule has 5 nitrogen and oxygen atoms in total. The van der Waals surface area contributed by atoms with Crippen LogP contribution in [-0.4, -0.2) is 38.0 Å². The van der Waals surface area contributed by atoms with Gasteiger partial charge in [0, 0.05) is 38.6 Å². The van der Waals surface area contributed by atoms with Gasteiger partial charge in [-0.2, -0.15) is 0 Å². The molecule has 0 heterocycles. The van der Waals surface area contributed by atoms with Crippen LogP contribution in [0.1, 0.15) is 11.1 Å². The number of hydrogen-bond donors (Lipinski definition) is 1. The van der Waals surface area contributed by atoms with E-state index in [4.69, 9.17) is 4.74 Å². The van der Waals surface area contributed by atoms with E-state index in [0.29, 0.717) is 13.1 Å². The highest BCUT2D eigenvalue weighted by molar-refractivity contribution is 5.92. The summed E-state index contributed by atoms with van der Waals surface area (Å²) in [5, 5.41) is 3.03. The van der Waals surface area contributed by atoms with Gasteiger partial charge in [-0.25, -0.2) is 0 Å². The van der Waals surface area contributed by atoms with Gasteiger partial charge in [-0.15, -0.1) is 0 Å². The highest BCUT2D eigenvalue weighted by atomic mass is 16.5. The van der Waals surface area contributed by atoms with E-state index in [1.165, 1.54) is 11.1 Å². The molecule has 0 aliphatic heterocycles. The Kier molecular flexibility index (Phi) is 8.73. The summed E-state index contributed by atoms with van der Waals surface area (Å²) in [6.07, 6.45) is 0.882. The zero-order valence-electron chi connectivity index (χ0n) is 20.9. The molecule has 0 aromatic heterocycles. The summed E-state index contributed by atoms with van der Waals surface area (Å²) in [6.45, 7) is 1.79. The molecule has 0 aliphatic rings. The number of rotatable bonds is 11. The van der Waals surface area contributed by atoms with Crippen LogP contribution in [0, 0.1) is 0 Å². The second-order valence-corrected chi connectivity index (χ2v) is 9.00. The zero-order chi connectivity index (χ0) is 25.2. The zero-order valence-corrected chi connectivity index (χ0v) is 20.9. The van der Waals surface area contributed by atoms with Gasteiger partial charge in [-0.05, 0) is 66.1 Å². The minimum Gasteiger partial charge on any atom is -0.457 e. The maximum atomic E-state index is 13.0. The van der Waals surface area contributed by atoms with Crippen molar-refractivity contribution in [3.05, 3.63) is 120 Å². The van der Waals surface area contributed by atoms with Gasteiger partial charge in [-0.1, -0.05) is 60.7 Å². The summed E-state index contributed by atoms with van der Waals surface area (Å²) in [4.78, 5) is 17.3. The Bertz CT molecular complexity index is 1230. The van der Waals surface area contributed by atoms with Crippen LogP contribution in [0.3, 0.4) is 0 Å². The van der Waals surface area contributed by atoms with E-state index in [-0.39, 0.29) is 5.91 Å². The van der Waals surface area contributed by atoms with E-state index in [9.17, 15) is 4.79 Å². The lowest BCUT2D eigenvalue weighted by Crippen LogP contribution is -2.34.